The van der Waals surface area contributed by atoms with Crippen molar-refractivity contribution >= 4 is 23.7 Å². The van der Waals surface area contributed by atoms with Crippen molar-refractivity contribution in [2.24, 2.45) is 0 Å². The number of hydrogen-bond acceptors (Lipinski definition) is 6. The van der Waals surface area contributed by atoms with E-state index < -0.39 is 11.7 Å². The lowest BCUT2D eigenvalue weighted by Gasteiger charge is -2.09. The van der Waals surface area contributed by atoms with Crippen LogP contribution in [0.15, 0.2) is 28.7 Å². The van der Waals surface area contributed by atoms with E-state index in [1.807, 2.05) is 0 Å². The van der Waals surface area contributed by atoms with Crippen LogP contribution in [0.4, 0.5) is 10.4 Å². The molecule has 8 nitrogen and oxygen atoms in total. The number of nitrogens with one attached hydrogen (secondary N) is 1. The number of rotatable bonds is 4. The molecule has 2 aromatic rings. The van der Waals surface area contributed by atoms with Gasteiger partial charge in [0.1, 0.15) is 12.4 Å². The fourth-order valence-electron chi connectivity index (χ4n) is 2.10. The van der Waals surface area contributed by atoms with E-state index in [0.29, 0.717) is 0 Å². The highest BCUT2D eigenvalue weighted by atomic mass is 19.1. The molecule has 1 fully saturated rings. The Kier molecular flexibility index (Phi) is 3.83. The zero-order chi connectivity index (χ0) is 16.4. The Morgan fingerprint density at radius 3 is 2.70 bits per heavy atom. The summed E-state index contributed by atoms with van der Waals surface area (Å²) in [6, 6.07) is 4.90. The van der Waals surface area contributed by atoms with Crippen LogP contribution in [0.5, 0.6) is 0 Å². The lowest BCUT2D eigenvalue weighted by Crippen LogP contribution is -2.28. The SMILES string of the molecule is O=C(Nc1nnc(CN2C(=O)CCC2=O)o1)c1cccc(F)c1. The molecule has 0 spiro atoms. The molecule has 0 atom stereocenters. The fourth-order valence-corrected chi connectivity index (χ4v) is 2.10. The minimum atomic E-state index is -0.618. The van der Waals surface area contributed by atoms with Crippen molar-refractivity contribution in [1.82, 2.24) is 15.1 Å². The topological polar surface area (TPSA) is 105 Å². The highest BCUT2D eigenvalue weighted by molar-refractivity contribution is 6.03. The number of halogens is 1. The van der Waals surface area contributed by atoms with Crippen LogP contribution in [0.3, 0.4) is 0 Å². The van der Waals surface area contributed by atoms with Gasteiger partial charge in [-0.15, -0.1) is 5.10 Å². The molecule has 1 aliphatic heterocycles. The van der Waals surface area contributed by atoms with Gasteiger partial charge in [0.05, 0.1) is 0 Å². The smallest absolute Gasteiger partial charge is 0.322 e. The Labute approximate surface area is 129 Å². The molecule has 9 heteroatoms. The summed E-state index contributed by atoms with van der Waals surface area (Å²) in [5.41, 5.74) is 0.0923. The van der Waals surface area contributed by atoms with Crippen molar-refractivity contribution in [3.05, 3.63) is 41.5 Å². The highest BCUT2D eigenvalue weighted by Crippen LogP contribution is 2.16. The average molecular weight is 318 g/mol. The van der Waals surface area contributed by atoms with Gasteiger partial charge in [0.2, 0.25) is 17.7 Å². The Bertz CT molecular complexity index is 773. The second-order valence-electron chi connectivity index (χ2n) is 4.84. The Balaban J connectivity index is 1.66. The summed E-state index contributed by atoms with van der Waals surface area (Å²) in [5.74, 6) is -1.76. The van der Waals surface area contributed by atoms with Gasteiger partial charge in [0.25, 0.3) is 5.91 Å². The first-order valence-electron chi connectivity index (χ1n) is 6.75. The summed E-state index contributed by atoms with van der Waals surface area (Å²) < 4.78 is 18.2. The van der Waals surface area contributed by atoms with Crippen molar-refractivity contribution in [2.45, 2.75) is 19.4 Å². The van der Waals surface area contributed by atoms with Crippen molar-refractivity contribution in [2.75, 3.05) is 5.32 Å². The molecule has 0 unspecified atom stereocenters. The predicted molar refractivity (Wildman–Crippen MR) is 73.4 cm³/mol. The number of imide groups is 1. The van der Waals surface area contributed by atoms with Gasteiger partial charge in [-0.2, -0.15) is 0 Å². The third-order valence-electron chi connectivity index (χ3n) is 3.22. The second kappa shape index (κ2) is 5.95. The number of nitrogens with zero attached hydrogens (tertiary/aromatic N) is 3. The molecule has 0 saturated carbocycles. The number of aromatic nitrogens is 2. The molecule has 1 aliphatic rings. The number of carbonyl (C=O) groups excluding carboxylic acids is 3. The summed E-state index contributed by atoms with van der Waals surface area (Å²) in [7, 11) is 0. The Hall–Kier alpha value is -3.10. The van der Waals surface area contributed by atoms with Gasteiger partial charge in [0, 0.05) is 18.4 Å². The average Bonchev–Trinajstić information content (AvgIpc) is 3.09. The molecule has 1 N–H and O–H groups in total. The molecule has 118 valence electrons. The van der Waals surface area contributed by atoms with Gasteiger partial charge >= 0.3 is 6.01 Å². The molecule has 23 heavy (non-hydrogen) atoms. The molecule has 0 bridgehead atoms. The van der Waals surface area contributed by atoms with E-state index in [4.69, 9.17) is 4.42 Å². The highest BCUT2D eigenvalue weighted by Gasteiger charge is 2.30. The van der Waals surface area contributed by atoms with E-state index in [2.05, 4.69) is 15.5 Å². The van der Waals surface area contributed by atoms with Gasteiger partial charge in [-0.05, 0) is 18.2 Å². The number of hydrogen-bond donors (Lipinski definition) is 1. The Morgan fingerprint density at radius 1 is 1.26 bits per heavy atom. The second-order valence-corrected chi connectivity index (χ2v) is 4.84. The third kappa shape index (κ3) is 3.23. The van der Waals surface area contributed by atoms with Crippen molar-refractivity contribution in [3.63, 3.8) is 0 Å². The van der Waals surface area contributed by atoms with Gasteiger partial charge < -0.3 is 4.42 Å². The van der Waals surface area contributed by atoms with Crippen LogP contribution in [0.25, 0.3) is 0 Å². The van der Waals surface area contributed by atoms with E-state index in [-0.39, 0.29) is 48.7 Å². The molecular weight excluding hydrogens is 307 g/mol. The van der Waals surface area contributed by atoms with Crippen molar-refractivity contribution in [3.8, 4) is 0 Å². The summed E-state index contributed by atoms with van der Waals surface area (Å²) in [5, 5.41) is 9.58. The van der Waals surface area contributed by atoms with Crippen LogP contribution in [0.2, 0.25) is 0 Å². The van der Waals surface area contributed by atoms with Crippen LogP contribution in [-0.2, 0) is 16.1 Å². The summed E-state index contributed by atoms with van der Waals surface area (Å²) in [6.45, 7) is -0.138. The first-order chi connectivity index (χ1) is 11.0. The van der Waals surface area contributed by atoms with E-state index in [1.54, 1.807) is 0 Å². The van der Waals surface area contributed by atoms with Gasteiger partial charge in [0.15, 0.2) is 0 Å². The molecule has 3 rings (SSSR count). The summed E-state index contributed by atoms with van der Waals surface area (Å²) >= 11 is 0. The maximum absolute atomic E-state index is 13.1. The van der Waals surface area contributed by atoms with Crippen LogP contribution in [0, 0.1) is 5.82 Å². The molecule has 1 saturated heterocycles. The molecule has 2 heterocycles. The number of carbonyl (C=O) groups is 3. The van der Waals surface area contributed by atoms with Crippen LogP contribution >= 0.6 is 0 Å². The normalized spacial score (nSPS) is 14.4. The minimum Gasteiger partial charge on any atom is -0.406 e. The minimum absolute atomic E-state index is 0.0168. The van der Waals surface area contributed by atoms with Gasteiger partial charge in [-0.3, -0.25) is 24.6 Å². The van der Waals surface area contributed by atoms with Crippen LogP contribution < -0.4 is 5.32 Å². The standard InChI is InChI=1S/C14H11FN4O4/c15-9-3-1-2-8(6-9)13(22)16-14-18-17-10(23-14)7-19-11(20)4-5-12(19)21/h1-3,6H,4-5,7H2,(H,16,18,22). The molecular formula is C14H11FN4O4. The van der Waals surface area contributed by atoms with E-state index in [0.717, 1.165) is 11.0 Å². The first kappa shape index (κ1) is 14.8. The van der Waals surface area contributed by atoms with Crippen molar-refractivity contribution < 1.29 is 23.2 Å². The molecule has 1 aromatic heterocycles. The zero-order valence-electron chi connectivity index (χ0n) is 11.8. The maximum Gasteiger partial charge on any atom is 0.322 e. The largest absolute Gasteiger partial charge is 0.406 e. The van der Waals surface area contributed by atoms with Gasteiger partial charge in [-0.25, -0.2) is 4.39 Å². The van der Waals surface area contributed by atoms with Gasteiger partial charge in [-0.1, -0.05) is 11.2 Å². The lowest BCUT2D eigenvalue weighted by molar-refractivity contribution is -0.139. The van der Waals surface area contributed by atoms with Crippen LogP contribution in [-0.4, -0.2) is 32.8 Å². The quantitative estimate of drug-likeness (QED) is 0.847. The maximum atomic E-state index is 13.1. The van der Waals surface area contributed by atoms with E-state index in [9.17, 15) is 18.8 Å². The number of anilines is 1. The molecule has 3 amide bonds. The summed E-state index contributed by atoms with van der Waals surface area (Å²) in [4.78, 5) is 35.9. The Morgan fingerprint density at radius 2 is 2.00 bits per heavy atom. The first-order valence-corrected chi connectivity index (χ1v) is 6.75. The number of benzene rings is 1. The third-order valence-corrected chi connectivity index (χ3v) is 3.22. The fraction of sp³-hybridized carbons (Fsp3) is 0.214. The van der Waals surface area contributed by atoms with E-state index >= 15 is 0 Å². The number of amides is 3. The van der Waals surface area contributed by atoms with Crippen LogP contribution in [0.1, 0.15) is 29.1 Å². The molecule has 0 aliphatic carbocycles. The lowest BCUT2D eigenvalue weighted by atomic mass is 10.2. The van der Waals surface area contributed by atoms with Crippen molar-refractivity contribution in [1.29, 1.82) is 0 Å². The van der Waals surface area contributed by atoms with E-state index in [1.165, 1.54) is 18.2 Å². The molecule has 1 aromatic carbocycles. The zero-order valence-corrected chi connectivity index (χ0v) is 11.8. The monoisotopic (exact) mass is 318 g/mol. The number of likely N-dealkylation sites (tertiary alicyclic amines) is 1. The summed E-state index contributed by atoms with van der Waals surface area (Å²) in [6.07, 6.45) is 0.326. The predicted octanol–water partition coefficient (Wildman–Crippen LogP) is 1.11. The molecule has 0 radical (unpaired) electrons.